The van der Waals surface area contributed by atoms with Crippen molar-refractivity contribution in [3.05, 3.63) is 17.3 Å². The third-order valence-corrected chi connectivity index (χ3v) is 5.05. The second kappa shape index (κ2) is 6.39. The van der Waals surface area contributed by atoms with E-state index in [1.807, 2.05) is 0 Å². The number of carbonyl (C=O) groups is 1. The molecule has 3 rings (SSSR count). The standard InChI is InChI=1S/C15H20N4OS/c1-2-11-7-12-14(17-9-18-15(12)21-11)16-8-13(20)19-10-5-3-4-6-10/h7,9-10H,2-6,8H2,1H3,(H,19,20)(H,16,17,18). The smallest absolute Gasteiger partial charge is 0.239 e. The Kier molecular flexibility index (Phi) is 4.34. The highest BCUT2D eigenvalue weighted by atomic mass is 32.1. The summed E-state index contributed by atoms with van der Waals surface area (Å²) in [5.41, 5.74) is 0. The molecular weight excluding hydrogens is 284 g/mol. The highest BCUT2D eigenvalue weighted by Gasteiger charge is 2.17. The van der Waals surface area contributed by atoms with E-state index in [1.165, 1.54) is 17.7 Å². The predicted octanol–water partition coefficient (Wildman–Crippen LogP) is 2.72. The number of thiophene rings is 1. The van der Waals surface area contributed by atoms with Crippen LogP contribution >= 0.6 is 11.3 Å². The number of hydrogen-bond donors (Lipinski definition) is 2. The van der Waals surface area contributed by atoms with Crippen molar-refractivity contribution < 1.29 is 4.79 Å². The lowest BCUT2D eigenvalue weighted by molar-refractivity contribution is -0.120. The fourth-order valence-electron chi connectivity index (χ4n) is 2.73. The first-order valence-corrected chi connectivity index (χ1v) is 8.34. The maximum atomic E-state index is 12.0. The summed E-state index contributed by atoms with van der Waals surface area (Å²) in [6.07, 6.45) is 7.19. The lowest BCUT2D eigenvalue weighted by Crippen LogP contribution is -2.36. The lowest BCUT2D eigenvalue weighted by Gasteiger charge is -2.12. The summed E-state index contributed by atoms with van der Waals surface area (Å²) in [6, 6.07) is 2.47. The van der Waals surface area contributed by atoms with E-state index < -0.39 is 0 Å². The molecule has 1 amide bonds. The van der Waals surface area contributed by atoms with Gasteiger partial charge in [-0.05, 0) is 25.3 Å². The zero-order chi connectivity index (χ0) is 14.7. The summed E-state index contributed by atoms with van der Waals surface area (Å²) in [4.78, 5) is 22.8. The van der Waals surface area contributed by atoms with Crippen molar-refractivity contribution in [2.45, 2.75) is 45.1 Å². The quantitative estimate of drug-likeness (QED) is 0.891. The Labute approximate surface area is 128 Å². The van der Waals surface area contributed by atoms with Gasteiger partial charge in [-0.25, -0.2) is 9.97 Å². The number of nitrogens with zero attached hydrogens (tertiary/aromatic N) is 2. The van der Waals surface area contributed by atoms with E-state index in [2.05, 4.69) is 33.6 Å². The summed E-state index contributed by atoms with van der Waals surface area (Å²) in [5, 5.41) is 7.22. The van der Waals surface area contributed by atoms with Gasteiger partial charge in [-0.3, -0.25) is 4.79 Å². The zero-order valence-electron chi connectivity index (χ0n) is 12.2. The molecule has 6 heteroatoms. The van der Waals surface area contributed by atoms with Gasteiger partial charge in [-0.1, -0.05) is 19.8 Å². The van der Waals surface area contributed by atoms with E-state index >= 15 is 0 Å². The van der Waals surface area contributed by atoms with E-state index in [-0.39, 0.29) is 12.5 Å². The minimum atomic E-state index is 0.0413. The molecule has 21 heavy (non-hydrogen) atoms. The normalized spacial score (nSPS) is 15.5. The third-order valence-electron chi connectivity index (χ3n) is 3.87. The highest BCUT2D eigenvalue weighted by Crippen LogP contribution is 2.28. The Morgan fingerprint density at radius 1 is 1.38 bits per heavy atom. The molecule has 0 radical (unpaired) electrons. The van der Waals surface area contributed by atoms with Gasteiger partial charge in [-0.2, -0.15) is 0 Å². The number of anilines is 1. The van der Waals surface area contributed by atoms with E-state index in [4.69, 9.17) is 0 Å². The average molecular weight is 304 g/mol. The van der Waals surface area contributed by atoms with E-state index in [0.717, 1.165) is 35.3 Å². The van der Waals surface area contributed by atoms with Crippen molar-refractivity contribution in [2.24, 2.45) is 0 Å². The number of amides is 1. The molecule has 0 saturated heterocycles. The molecule has 1 aliphatic rings. The van der Waals surface area contributed by atoms with Crippen LogP contribution in [-0.4, -0.2) is 28.5 Å². The monoisotopic (exact) mass is 304 g/mol. The van der Waals surface area contributed by atoms with E-state index in [1.54, 1.807) is 17.7 Å². The van der Waals surface area contributed by atoms with Crippen LogP contribution in [-0.2, 0) is 11.2 Å². The van der Waals surface area contributed by atoms with Crippen molar-refractivity contribution in [3.63, 3.8) is 0 Å². The van der Waals surface area contributed by atoms with Crippen molar-refractivity contribution >= 4 is 33.3 Å². The van der Waals surface area contributed by atoms with Crippen molar-refractivity contribution in [1.82, 2.24) is 15.3 Å². The fraction of sp³-hybridized carbons (Fsp3) is 0.533. The molecule has 0 unspecified atom stereocenters. The summed E-state index contributed by atoms with van der Waals surface area (Å²) in [6.45, 7) is 2.39. The van der Waals surface area contributed by atoms with Crippen LogP contribution in [0.15, 0.2) is 12.4 Å². The molecule has 112 valence electrons. The van der Waals surface area contributed by atoms with Crippen LogP contribution in [0.5, 0.6) is 0 Å². The number of carbonyl (C=O) groups excluding carboxylic acids is 1. The van der Waals surface area contributed by atoms with Crippen molar-refractivity contribution in [3.8, 4) is 0 Å². The van der Waals surface area contributed by atoms with Gasteiger partial charge >= 0.3 is 0 Å². The van der Waals surface area contributed by atoms with Crippen molar-refractivity contribution in [1.29, 1.82) is 0 Å². The minimum Gasteiger partial charge on any atom is -0.360 e. The molecule has 0 aliphatic heterocycles. The molecule has 2 aromatic rings. The first-order valence-electron chi connectivity index (χ1n) is 7.53. The second-order valence-electron chi connectivity index (χ2n) is 5.41. The Morgan fingerprint density at radius 3 is 2.95 bits per heavy atom. The minimum absolute atomic E-state index is 0.0413. The van der Waals surface area contributed by atoms with Crippen LogP contribution < -0.4 is 10.6 Å². The number of rotatable bonds is 5. The molecule has 0 bridgehead atoms. The molecule has 2 heterocycles. The van der Waals surface area contributed by atoms with Crippen LogP contribution in [0.2, 0.25) is 0 Å². The maximum Gasteiger partial charge on any atom is 0.239 e. The number of aryl methyl sites for hydroxylation is 1. The van der Waals surface area contributed by atoms with Gasteiger partial charge in [0.05, 0.1) is 11.9 Å². The summed E-state index contributed by atoms with van der Waals surface area (Å²) in [5.74, 6) is 0.789. The van der Waals surface area contributed by atoms with E-state index in [0.29, 0.717) is 6.04 Å². The van der Waals surface area contributed by atoms with Crippen LogP contribution in [0.25, 0.3) is 10.2 Å². The maximum absolute atomic E-state index is 12.0. The SMILES string of the molecule is CCc1cc2c(NCC(=O)NC3CCCC3)ncnc2s1. The van der Waals surface area contributed by atoms with Crippen LogP contribution in [0, 0.1) is 0 Å². The Bertz CT molecular complexity index is 634. The summed E-state index contributed by atoms with van der Waals surface area (Å²) < 4.78 is 0. The van der Waals surface area contributed by atoms with Crippen LogP contribution in [0.1, 0.15) is 37.5 Å². The number of hydrogen-bond acceptors (Lipinski definition) is 5. The average Bonchev–Trinajstić information content (AvgIpc) is 3.13. The predicted molar refractivity (Wildman–Crippen MR) is 85.7 cm³/mol. The Hall–Kier alpha value is -1.69. The van der Waals surface area contributed by atoms with Gasteiger partial charge in [-0.15, -0.1) is 11.3 Å². The van der Waals surface area contributed by atoms with Crippen LogP contribution in [0.3, 0.4) is 0 Å². The third kappa shape index (κ3) is 3.32. The Balaban J connectivity index is 1.64. The summed E-state index contributed by atoms with van der Waals surface area (Å²) in [7, 11) is 0. The molecular formula is C15H20N4OS. The molecule has 1 fully saturated rings. The molecule has 2 N–H and O–H groups in total. The van der Waals surface area contributed by atoms with Gasteiger partial charge in [0.25, 0.3) is 0 Å². The van der Waals surface area contributed by atoms with Gasteiger partial charge in [0, 0.05) is 10.9 Å². The van der Waals surface area contributed by atoms with Gasteiger partial charge in [0.2, 0.25) is 5.91 Å². The molecule has 1 saturated carbocycles. The molecule has 0 spiro atoms. The largest absolute Gasteiger partial charge is 0.360 e. The fourth-order valence-corrected chi connectivity index (χ4v) is 3.67. The lowest BCUT2D eigenvalue weighted by atomic mass is 10.2. The number of nitrogens with one attached hydrogen (secondary N) is 2. The van der Waals surface area contributed by atoms with Crippen LogP contribution in [0.4, 0.5) is 5.82 Å². The number of aromatic nitrogens is 2. The Morgan fingerprint density at radius 2 is 2.19 bits per heavy atom. The molecule has 5 nitrogen and oxygen atoms in total. The first kappa shape index (κ1) is 14.3. The molecule has 2 aromatic heterocycles. The van der Waals surface area contributed by atoms with Gasteiger partial charge in [0.1, 0.15) is 17.0 Å². The molecule has 0 aromatic carbocycles. The molecule has 0 atom stereocenters. The zero-order valence-corrected chi connectivity index (χ0v) is 13.0. The number of fused-ring (bicyclic) bond motifs is 1. The second-order valence-corrected chi connectivity index (χ2v) is 6.53. The topological polar surface area (TPSA) is 66.9 Å². The summed E-state index contributed by atoms with van der Waals surface area (Å²) >= 11 is 1.68. The van der Waals surface area contributed by atoms with Gasteiger partial charge < -0.3 is 10.6 Å². The van der Waals surface area contributed by atoms with Crippen molar-refractivity contribution in [2.75, 3.05) is 11.9 Å². The first-order chi connectivity index (χ1) is 10.3. The van der Waals surface area contributed by atoms with E-state index in [9.17, 15) is 4.79 Å². The van der Waals surface area contributed by atoms with Gasteiger partial charge in [0.15, 0.2) is 0 Å². The molecule has 1 aliphatic carbocycles. The highest BCUT2D eigenvalue weighted by molar-refractivity contribution is 7.18.